The Morgan fingerprint density at radius 3 is 2.78 bits per heavy atom. The Kier molecular flexibility index (Phi) is 3.91. The Labute approximate surface area is 114 Å². The molecule has 18 heavy (non-hydrogen) atoms. The van der Waals surface area contributed by atoms with Crippen LogP contribution in [0.4, 0.5) is 19.0 Å². The molecule has 2 heterocycles. The number of rotatable bonds is 3. The lowest BCUT2D eigenvalue weighted by Gasteiger charge is -2.13. The third kappa shape index (κ3) is 3.23. The van der Waals surface area contributed by atoms with Crippen molar-refractivity contribution in [2.45, 2.75) is 12.7 Å². The molecule has 96 valence electrons. The van der Waals surface area contributed by atoms with Gasteiger partial charge >= 0.3 is 6.18 Å². The third-order valence-corrected chi connectivity index (χ3v) is 3.37. The highest BCUT2D eigenvalue weighted by Crippen LogP contribution is 2.35. The number of nitrogens with zero attached hydrogens (tertiary/aromatic N) is 1. The first-order chi connectivity index (χ1) is 8.47. The van der Waals surface area contributed by atoms with Crippen LogP contribution >= 0.6 is 27.3 Å². The molecule has 0 saturated heterocycles. The maximum atomic E-state index is 12.8. The number of hydrogen-bond acceptors (Lipinski definition) is 3. The van der Waals surface area contributed by atoms with Gasteiger partial charge in [-0.15, -0.1) is 0 Å². The van der Waals surface area contributed by atoms with Gasteiger partial charge < -0.3 is 5.32 Å². The Morgan fingerprint density at radius 1 is 1.39 bits per heavy atom. The predicted molar refractivity (Wildman–Crippen MR) is 68.6 cm³/mol. The molecular weight excluding hydrogens is 329 g/mol. The lowest BCUT2D eigenvalue weighted by molar-refractivity contribution is -0.137. The van der Waals surface area contributed by atoms with Crippen molar-refractivity contribution >= 4 is 33.1 Å². The monoisotopic (exact) mass is 336 g/mol. The predicted octanol–water partition coefficient (Wildman–Crippen LogP) is 4.54. The molecular formula is C11H8BrF3N2S. The summed E-state index contributed by atoms with van der Waals surface area (Å²) in [6.07, 6.45) is -3.08. The molecule has 2 nitrogen and oxygen atoms in total. The Morgan fingerprint density at radius 2 is 2.17 bits per heavy atom. The van der Waals surface area contributed by atoms with E-state index in [2.05, 4.69) is 26.2 Å². The summed E-state index contributed by atoms with van der Waals surface area (Å²) in [5, 5.41) is 6.45. The van der Waals surface area contributed by atoms with Gasteiger partial charge in [-0.3, -0.25) is 0 Å². The normalized spacial score (nSPS) is 11.6. The van der Waals surface area contributed by atoms with E-state index in [1.54, 1.807) is 0 Å². The Balaban J connectivity index is 2.22. The first-order valence-electron chi connectivity index (χ1n) is 4.94. The van der Waals surface area contributed by atoms with E-state index in [1.807, 2.05) is 16.8 Å². The van der Waals surface area contributed by atoms with E-state index in [0.29, 0.717) is 11.0 Å². The van der Waals surface area contributed by atoms with Gasteiger partial charge in [0, 0.05) is 17.2 Å². The van der Waals surface area contributed by atoms with Crippen molar-refractivity contribution < 1.29 is 13.2 Å². The third-order valence-electron chi connectivity index (χ3n) is 2.20. The lowest BCUT2D eigenvalue weighted by atomic mass is 10.2. The minimum Gasteiger partial charge on any atom is -0.365 e. The number of anilines is 1. The van der Waals surface area contributed by atoms with Gasteiger partial charge in [-0.2, -0.15) is 24.5 Å². The molecule has 0 bridgehead atoms. The molecule has 0 aromatic carbocycles. The molecule has 0 aliphatic rings. The maximum Gasteiger partial charge on any atom is 0.419 e. The van der Waals surface area contributed by atoms with Crippen LogP contribution in [0.25, 0.3) is 0 Å². The number of nitrogens with one attached hydrogen (secondary N) is 1. The van der Waals surface area contributed by atoms with E-state index in [4.69, 9.17) is 0 Å². The fourth-order valence-corrected chi connectivity index (χ4v) is 2.38. The van der Waals surface area contributed by atoms with Crippen LogP contribution in [-0.4, -0.2) is 4.98 Å². The van der Waals surface area contributed by atoms with E-state index in [1.165, 1.54) is 17.5 Å². The molecule has 0 spiro atoms. The number of aromatic nitrogens is 1. The molecule has 2 aromatic rings. The molecule has 0 unspecified atom stereocenters. The average Bonchev–Trinajstić information content (AvgIpc) is 2.79. The molecule has 0 radical (unpaired) electrons. The zero-order chi connectivity index (χ0) is 13.2. The van der Waals surface area contributed by atoms with Crippen LogP contribution in [0.2, 0.25) is 0 Å². The van der Waals surface area contributed by atoms with Crippen molar-refractivity contribution in [2.75, 3.05) is 5.32 Å². The second-order valence-electron chi connectivity index (χ2n) is 3.53. The van der Waals surface area contributed by atoms with Gasteiger partial charge in [0.15, 0.2) is 0 Å². The van der Waals surface area contributed by atoms with E-state index >= 15 is 0 Å². The second kappa shape index (κ2) is 5.27. The standard InChI is InChI=1S/C11H8BrF3N2S/c12-8-3-9(11(13,14)15)10(17-5-8)16-4-7-1-2-18-6-7/h1-3,5-6H,4H2,(H,16,17). The number of alkyl halides is 3. The topological polar surface area (TPSA) is 24.9 Å². The molecule has 2 rings (SSSR count). The summed E-state index contributed by atoms with van der Waals surface area (Å²) in [6.45, 7) is 0.321. The summed E-state index contributed by atoms with van der Waals surface area (Å²) in [4.78, 5) is 3.77. The van der Waals surface area contributed by atoms with E-state index < -0.39 is 11.7 Å². The van der Waals surface area contributed by atoms with E-state index in [0.717, 1.165) is 11.6 Å². The second-order valence-corrected chi connectivity index (χ2v) is 5.23. The van der Waals surface area contributed by atoms with Gasteiger partial charge in [-0.25, -0.2) is 4.98 Å². The number of pyridine rings is 1. The average molecular weight is 337 g/mol. The van der Waals surface area contributed by atoms with Gasteiger partial charge in [0.05, 0.1) is 5.56 Å². The fraction of sp³-hybridized carbons (Fsp3) is 0.182. The SMILES string of the molecule is FC(F)(F)c1cc(Br)cnc1NCc1ccsc1. The van der Waals surface area contributed by atoms with Gasteiger partial charge in [0.25, 0.3) is 0 Å². The molecule has 2 aromatic heterocycles. The molecule has 0 aliphatic heterocycles. The zero-order valence-corrected chi connectivity index (χ0v) is 11.4. The molecule has 0 atom stereocenters. The van der Waals surface area contributed by atoms with Crippen molar-refractivity contribution in [1.82, 2.24) is 4.98 Å². The van der Waals surface area contributed by atoms with Crippen molar-refractivity contribution in [3.63, 3.8) is 0 Å². The van der Waals surface area contributed by atoms with Gasteiger partial charge in [0.2, 0.25) is 0 Å². The molecule has 0 saturated carbocycles. The minimum atomic E-state index is -4.42. The fourth-order valence-electron chi connectivity index (χ4n) is 1.38. The molecule has 0 aliphatic carbocycles. The number of halogens is 4. The Hall–Kier alpha value is -1.08. The highest BCUT2D eigenvalue weighted by atomic mass is 79.9. The van der Waals surface area contributed by atoms with Crippen LogP contribution in [0.15, 0.2) is 33.6 Å². The van der Waals surface area contributed by atoms with Crippen LogP contribution < -0.4 is 5.32 Å². The van der Waals surface area contributed by atoms with Gasteiger partial charge in [-0.05, 0) is 44.4 Å². The molecule has 0 fully saturated rings. The van der Waals surface area contributed by atoms with E-state index in [-0.39, 0.29) is 5.82 Å². The lowest BCUT2D eigenvalue weighted by Crippen LogP contribution is -2.12. The minimum absolute atomic E-state index is 0.156. The molecule has 0 amide bonds. The summed E-state index contributed by atoms with van der Waals surface area (Å²) in [6, 6.07) is 2.87. The van der Waals surface area contributed by atoms with Crippen molar-refractivity contribution in [2.24, 2.45) is 0 Å². The highest BCUT2D eigenvalue weighted by molar-refractivity contribution is 9.10. The number of hydrogen-bond donors (Lipinski definition) is 1. The van der Waals surface area contributed by atoms with Crippen molar-refractivity contribution in [3.8, 4) is 0 Å². The van der Waals surface area contributed by atoms with Crippen LogP contribution in [-0.2, 0) is 12.7 Å². The summed E-state index contributed by atoms with van der Waals surface area (Å²) in [5.41, 5.74) is 0.157. The largest absolute Gasteiger partial charge is 0.419 e. The van der Waals surface area contributed by atoms with Gasteiger partial charge in [-0.1, -0.05) is 0 Å². The molecule has 7 heteroatoms. The van der Waals surface area contributed by atoms with Crippen molar-refractivity contribution in [1.29, 1.82) is 0 Å². The first-order valence-corrected chi connectivity index (χ1v) is 6.68. The Bertz CT molecular complexity index is 526. The summed E-state index contributed by atoms with van der Waals surface area (Å²) in [5.74, 6) is -0.156. The number of thiophene rings is 1. The van der Waals surface area contributed by atoms with Gasteiger partial charge in [0.1, 0.15) is 5.82 Å². The summed E-state index contributed by atoms with van der Waals surface area (Å²) in [7, 11) is 0. The van der Waals surface area contributed by atoms with Crippen LogP contribution in [0, 0.1) is 0 Å². The van der Waals surface area contributed by atoms with Crippen molar-refractivity contribution in [3.05, 3.63) is 44.7 Å². The maximum absolute atomic E-state index is 12.8. The van der Waals surface area contributed by atoms with Crippen LogP contribution in [0.5, 0.6) is 0 Å². The molecule has 1 N–H and O–H groups in total. The highest BCUT2D eigenvalue weighted by Gasteiger charge is 2.34. The van der Waals surface area contributed by atoms with E-state index in [9.17, 15) is 13.2 Å². The van der Waals surface area contributed by atoms with Crippen LogP contribution in [0.3, 0.4) is 0 Å². The zero-order valence-electron chi connectivity index (χ0n) is 8.96. The first kappa shape index (κ1) is 13.4. The summed E-state index contributed by atoms with van der Waals surface area (Å²) < 4.78 is 38.7. The smallest absolute Gasteiger partial charge is 0.365 e. The quantitative estimate of drug-likeness (QED) is 0.890. The van der Waals surface area contributed by atoms with Crippen LogP contribution in [0.1, 0.15) is 11.1 Å². The summed E-state index contributed by atoms with van der Waals surface area (Å²) >= 11 is 4.49.